The van der Waals surface area contributed by atoms with Crippen LogP contribution in [-0.4, -0.2) is 70.0 Å². The minimum absolute atomic E-state index is 0. The molecule has 0 amide bonds. The lowest BCUT2D eigenvalue weighted by atomic mass is 10.4. The van der Waals surface area contributed by atoms with E-state index in [1.807, 2.05) is 13.8 Å². The summed E-state index contributed by atoms with van der Waals surface area (Å²) in [6.07, 6.45) is -3.34. The Balaban J connectivity index is 0. The number of hydrogen-bond donors (Lipinski definition) is 2. The molecule has 0 aromatic rings. The SMILES string of the molecule is CCNC(=NCCCOCC)NCCN(C)CC(F)(F)F.I. The van der Waals surface area contributed by atoms with E-state index in [1.165, 1.54) is 11.9 Å². The van der Waals surface area contributed by atoms with Crippen molar-refractivity contribution in [3.05, 3.63) is 0 Å². The maximum absolute atomic E-state index is 12.2. The number of halogens is 4. The van der Waals surface area contributed by atoms with Gasteiger partial charge in [-0.15, -0.1) is 24.0 Å². The van der Waals surface area contributed by atoms with Crippen molar-refractivity contribution in [3.8, 4) is 0 Å². The molecule has 0 atom stereocenters. The molecule has 0 heterocycles. The normalized spacial score (nSPS) is 12.2. The lowest BCUT2D eigenvalue weighted by Gasteiger charge is -2.19. The van der Waals surface area contributed by atoms with E-state index in [0.29, 0.717) is 45.4 Å². The first-order valence-electron chi connectivity index (χ1n) is 7.24. The molecule has 22 heavy (non-hydrogen) atoms. The van der Waals surface area contributed by atoms with E-state index in [1.54, 1.807) is 0 Å². The maximum atomic E-state index is 12.2. The highest BCUT2D eigenvalue weighted by molar-refractivity contribution is 14.0. The second-order valence-corrected chi connectivity index (χ2v) is 4.59. The third-order valence-corrected chi connectivity index (χ3v) is 2.50. The molecule has 0 aliphatic carbocycles. The number of rotatable bonds is 10. The second-order valence-electron chi connectivity index (χ2n) is 4.59. The summed E-state index contributed by atoms with van der Waals surface area (Å²) in [5, 5.41) is 6.07. The van der Waals surface area contributed by atoms with Gasteiger partial charge in [-0.1, -0.05) is 0 Å². The van der Waals surface area contributed by atoms with Gasteiger partial charge in [0.05, 0.1) is 6.54 Å². The van der Waals surface area contributed by atoms with Crippen molar-refractivity contribution < 1.29 is 17.9 Å². The van der Waals surface area contributed by atoms with Crippen molar-refractivity contribution in [2.45, 2.75) is 26.4 Å². The molecule has 0 spiro atoms. The fraction of sp³-hybridized carbons (Fsp3) is 0.923. The number of hydrogen-bond acceptors (Lipinski definition) is 3. The van der Waals surface area contributed by atoms with Crippen LogP contribution in [0.3, 0.4) is 0 Å². The Hall–Kier alpha value is -0.290. The van der Waals surface area contributed by atoms with Gasteiger partial charge in [0.15, 0.2) is 5.96 Å². The van der Waals surface area contributed by atoms with Gasteiger partial charge in [0, 0.05) is 39.4 Å². The van der Waals surface area contributed by atoms with E-state index in [-0.39, 0.29) is 24.0 Å². The molecule has 0 aromatic carbocycles. The lowest BCUT2D eigenvalue weighted by molar-refractivity contribution is -0.142. The van der Waals surface area contributed by atoms with Gasteiger partial charge in [-0.3, -0.25) is 9.89 Å². The molecule has 134 valence electrons. The number of aliphatic imine (C=N–C) groups is 1. The third kappa shape index (κ3) is 16.1. The fourth-order valence-corrected chi connectivity index (χ4v) is 1.59. The van der Waals surface area contributed by atoms with E-state index < -0.39 is 12.7 Å². The van der Waals surface area contributed by atoms with Gasteiger partial charge in [-0.2, -0.15) is 13.2 Å². The molecule has 2 N–H and O–H groups in total. The summed E-state index contributed by atoms with van der Waals surface area (Å²) >= 11 is 0. The molecule has 0 aliphatic rings. The van der Waals surface area contributed by atoms with Crippen LogP contribution in [0.1, 0.15) is 20.3 Å². The highest BCUT2D eigenvalue weighted by Gasteiger charge is 2.28. The molecule has 0 saturated heterocycles. The Morgan fingerprint density at radius 1 is 1.23 bits per heavy atom. The van der Waals surface area contributed by atoms with Crippen LogP contribution in [0, 0.1) is 0 Å². The minimum atomic E-state index is -4.16. The van der Waals surface area contributed by atoms with E-state index in [2.05, 4.69) is 15.6 Å². The van der Waals surface area contributed by atoms with Crippen molar-refractivity contribution in [2.24, 2.45) is 4.99 Å². The fourth-order valence-electron chi connectivity index (χ4n) is 1.59. The summed E-state index contributed by atoms with van der Waals surface area (Å²) in [7, 11) is 1.45. The predicted molar refractivity (Wildman–Crippen MR) is 94.1 cm³/mol. The average Bonchev–Trinajstić information content (AvgIpc) is 2.36. The summed E-state index contributed by atoms with van der Waals surface area (Å²) in [5.41, 5.74) is 0. The van der Waals surface area contributed by atoms with Crippen LogP contribution in [0.2, 0.25) is 0 Å². The second kappa shape index (κ2) is 14.3. The number of guanidine groups is 1. The number of likely N-dealkylation sites (N-methyl/N-ethyl adjacent to an activating group) is 1. The number of ether oxygens (including phenoxy) is 1. The Morgan fingerprint density at radius 3 is 2.45 bits per heavy atom. The molecule has 0 saturated carbocycles. The Bertz CT molecular complexity index is 291. The van der Waals surface area contributed by atoms with Gasteiger partial charge >= 0.3 is 6.18 Å². The Kier molecular flexibility index (Phi) is 15.6. The Morgan fingerprint density at radius 2 is 1.91 bits per heavy atom. The number of alkyl halides is 3. The minimum Gasteiger partial charge on any atom is -0.382 e. The molecule has 0 unspecified atom stereocenters. The smallest absolute Gasteiger partial charge is 0.382 e. The molecule has 5 nitrogen and oxygen atoms in total. The monoisotopic (exact) mass is 440 g/mol. The molecular weight excluding hydrogens is 412 g/mol. The van der Waals surface area contributed by atoms with Gasteiger partial charge < -0.3 is 15.4 Å². The first kappa shape index (κ1) is 24.0. The summed E-state index contributed by atoms with van der Waals surface area (Å²) in [6.45, 7) is 6.34. The van der Waals surface area contributed by atoms with Crippen LogP contribution in [0.5, 0.6) is 0 Å². The zero-order valence-electron chi connectivity index (χ0n) is 13.5. The summed E-state index contributed by atoms with van der Waals surface area (Å²) in [4.78, 5) is 5.56. The summed E-state index contributed by atoms with van der Waals surface area (Å²) in [6, 6.07) is 0. The topological polar surface area (TPSA) is 48.9 Å². The van der Waals surface area contributed by atoms with Crippen molar-refractivity contribution in [1.29, 1.82) is 0 Å². The molecular formula is C13H28F3IN4O. The molecule has 0 aromatic heterocycles. The predicted octanol–water partition coefficient (Wildman–Crippen LogP) is 2.08. The standard InChI is InChI=1S/C13H27F3N4O.HI/c1-4-17-12(18-7-6-10-21-5-2)19-8-9-20(3)11-13(14,15)16;/h4-11H2,1-3H3,(H2,17,18,19);1H. The van der Waals surface area contributed by atoms with E-state index in [0.717, 1.165) is 6.42 Å². The summed E-state index contributed by atoms with van der Waals surface area (Å²) < 4.78 is 41.7. The largest absolute Gasteiger partial charge is 0.401 e. The van der Waals surface area contributed by atoms with Gasteiger partial charge in [0.25, 0.3) is 0 Å². The molecule has 0 rings (SSSR count). The highest BCUT2D eigenvalue weighted by atomic mass is 127. The van der Waals surface area contributed by atoms with Gasteiger partial charge in [0.1, 0.15) is 0 Å². The van der Waals surface area contributed by atoms with Gasteiger partial charge in [-0.05, 0) is 27.3 Å². The van der Waals surface area contributed by atoms with Crippen molar-refractivity contribution in [2.75, 3.05) is 53.0 Å². The first-order valence-corrected chi connectivity index (χ1v) is 7.24. The third-order valence-electron chi connectivity index (χ3n) is 2.50. The van der Waals surface area contributed by atoms with E-state index in [4.69, 9.17) is 4.74 Å². The number of nitrogens with one attached hydrogen (secondary N) is 2. The molecule has 0 radical (unpaired) electrons. The van der Waals surface area contributed by atoms with Crippen LogP contribution >= 0.6 is 24.0 Å². The average molecular weight is 440 g/mol. The molecule has 9 heteroatoms. The van der Waals surface area contributed by atoms with Crippen LogP contribution in [-0.2, 0) is 4.74 Å². The zero-order chi connectivity index (χ0) is 16.1. The number of nitrogens with zero attached hydrogens (tertiary/aromatic N) is 2. The van der Waals surface area contributed by atoms with Gasteiger partial charge in [0.2, 0.25) is 0 Å². The van der Waals surface area contributed by atoms with Crippen LogP contribution in [0.4, 0.5) is 13.2 Å². The maximum Gasteiger partial charge on any atom is 0.401 e. The van der Waals surface area contributed by atoms with Crippen molar-refractivity contribution in [3.63, 3.8) is 0 Å². The van der Waals surface area contributed by atoms with Crippen LogP contribution < -0.4 is 10.6 Å². The first-order chi connectivity index (χ1) is 9.89. The molecule has 0 fully saturated rings. The van der Waals surface area contributed by atoms with Crippen LogP contribution in [0.15, 0.2) is 4.99 Å². The van der Waals surface area contributed by atoms with E-state index in [9.17, 15) is 13.2 Å². The molecule has 0 bridgehead atoms. The zero-order valence-corrected chi connectivity index (χ0v) is 15.8. The van der Waals surface area contributed by atoms with Crippen LogP contribution in [0.25, 0.3) is 0 Å². The highest BCUT2D eigenvalue weighted by Crippen LogP contribution is 2.14. The summed E-state index contributed by atoms with van der Waals surface area (Å²) in [5.74, 6) is 0.620. The molecule has 0 aliphatic heterocycles. The van der Waals surface area contributed by atoms with E-state index >= 15 is 0 Å². The lowest BCUT2D eigenvalue weighted by Crippen LogP contribution is -2.42. The van der Waals surface area contributed by atoms with Crippen molar-refractivity contribution >= 4 is 29.9 Å². The quantitative estimate of drug-likeness (QED) is 0.237. The Labute approximate surface area is 148 Å². The van der Waals surface area contributed by atoms with Gasteiger partial charge in [-0.25, -0.2) is 0 Å². The van der Waals surface area contributed by atoms with Crippen molar-refractivity contribution in [1.82, 2.24) is 15.5 Å².